The lowest BCUT2D eigenvalue weighted by atomic mass is 9.98. The molecule has 1 atom stereocenters. The summed E-state index contributed by atoms with van der Waals surface area (Å²) in [6.45, 7) is 4.30. The first-order valence-electron chi connectivity index (χ1n) is 5.09. The Morgan fingerprint density at radius 1 is 1.29 bits per heavy atom. The molecule has 0 nitrogen and oxygen atoms in total. The lowest BCUT2D eigenvalue weighted by Gasteiger charge is -2.07. The molecule has 0 aromatic heterocycles. The van der Waals surface area contributed by atoms with Crippen molar-refractivity contribution in [3.63, 3.8) is 0 Å². The zero-order chi connectivity index (χ0) is 10.1. The van der Waals surface area contributed by atoms with E-state index >= 15 is 0 Å². The Balaban J connectivity index is 2.41. The Morgan fingerprint density at radius 3 is 2.71 bits per heavy atom. The maximum atomic E-state index is 6.07. The number of halogens is 1. The normalized spacial score (nSPS) is 21.1. The van der Waals surface area contributed by atoms with Gasteiger partial charge in [-0.15, -0.1) is 11.6 Å². The van der Waals surface area contributed by atoms with Crippen molar-refractivity contribution in [1.29, 1.82) is 0 Å². The number of allylic oxidation sites excluding steroid dienone is 2. The van der Waals surface area contributed by atoms with Gasteiger partial charge in [0.15, 0.2) is 0 Å². The summed E-state index contributed by atoms with van der Waals surface area (Å²) in [6.07, 6.45) is 4.41. The molecular formula is C13H15Cl. The molecule has 74 valence electrons. The molecule has 0 N–H and O–H groups in total. The van der Waals surface area contributed by atoms with Gasteiger partial charge in [-0.25, -0.2) is 0 Å². The van der Waals surface area contributed by atoms with Gasteiger partial charge in [0.25, 0.3) is 0 Å². The highest BCUT2D eigenvalue weighted by atomic mass is 35.5. The molecule has 0 saturated carbocycles. The Bertz CT molecular complexity index is 377. The van der Waals surface area contributed by atoms with Crippen molar-refractivity contribution < 1.29 is 0 Å². The number of rotatable bonds is 1. The van der Waals surface area contributed by atoms with E-state index < -0.39 is 0 Å². The summed E-state index contributed by atoms with van der Waals surface area (Å²) in [5.41, 5.74) is 5.48. The molecule has 1 unspecified atom stereocenters. The topological polar surface area (TPSA) is 0 Å². The second kappa shape index (κ2) is 3.78. The smallest absolute Gasteiger partial charge is 0.0525 e. The van der Waals surface area contributed by atoms with E-state index in [1.54, 1.807) is 0 Å². The molecule has 2 rings (SSSR count). The first kappa shape index (κ1) is 9.79. The molecule has 1 aliphatic carbocycles. The average Bonchev–Trinajstić information content (AvgIpc) is 2.56. The number of hydrogen-bond acceptors (Lipinski definition) is 0. The third-order valence-electron chi connectivity index (χ3n) is 2.81. The fourth-order valence-electron chi connectivity index (χ4n) is 1.98. The van der Waals surface area contributed by atoms with Gasteiger partial charge in [0.2, 0.25) is 0 Å². The van der Waals surface area contributed by atoms with Crippen LogP contribution in [0.1, 0.15) is 29.5 Å². The Morgan fingerprint density at radius 2 is 2.07 bits per heavy atom. The van der Waals surface area contributed by atoms with Gasteiger partial charge in [0.1, 0.15) is 0 Å². The molecule has 0 spiro atoms. The van der Waals surface area contributed by atoms with Gasteiger partial charge in [0, 0.05) is 0 Å². The summed E-state index contributed by atoms with van der Waals surface area (Å²) >= 11 is 6.07. The van der Waals surface area contributed by atoms with E-state index in [1.165, 1.54) is 22.3 Å². The molecule has 1 heteroatoms. The zero-order valence-electron chi connectivity index (χ0n) is 8.68. The molecule has 0 amide bonds. The van der Waals surface area contributed by atoms with E-state index in [9.17, 15) is 0 Å². The predicted octanol–water partition coefficient (Wildman–Crippen LogP) is 4.09. The fraction of sp³-hybridized carbons (Fsp3) is 0.385. The minimum absolute atomic E-state index is 0.241. The van der Waals surface area contributed by atoms with Gasteiger partial charge in [-0.2, -0.15) is 0 Å². The van der Waals surface area contributed by atoms with E-state index in [-0.39, 0.29) is 5.38 Å². The molecule has 14 heavy (non-hydrogen) atoms. The maximum absolute atomic E-state index is 6.07. The van der Waals surface area contributed by atoms with Crippen LogP contribution in [0.2, 0.25) is 0 Å². The summed E-state index contributed by atoms with van der Waals surface area (Å²) in [5, 5.41) is 0.241. The van der Waals surface area contributed by atoms with Crippen molar-refractivity contribution in [2.75, 3.05) is 0 Å². The third kappa shape index (κ3) is 1.85. The molecule has 1 aliphatic rings. The van der Waals surface area contributed by atoms with E-state index in [1.807, 2.05) is 0 Å². The standard InChI is InChI=1S/C13H15Cl/c1-9-3-4-10(2)13(7-9)11-5-6-12(14)8-11/h3-4,7-8,12H,5-6H2,1-2H3. The largest absolute Gasteiger partial charge is 0.118 e. The van der Waals surface area contributed by atoms with Crippen molar-refractivity contribution in [2.24, 2.45) is 0 Å². The van der Waals surface area contributed by atoms with Gasteiger partial charge in [-0.3, -0.25) is 0 Å². The first-order valence-corrected chi connectivity index (χ1v) is 5.53. The summed E-state index contributed by atoms with van der Waals surface area (Å²) in [5.74, 6) is 0. The van der Waals surface area contributed by atoms with Crippen molar-refractivity contribution >= 4 is 17.2 Å². The molecule has 0 fully saturated rings. The fourth-order valence-corrected chi connectivity index (χ4v) is 2.25. The van der Waals surface area contributed by atoms with Crippen molar-refractivity contribution in [3.8, 4) is 0 Å². The number of benzene rings is 1. The number of aryl methyl sites for hydroxylation is 2. The quantitative estimate of drug-likeness (QED) is 0.608. The summed E-state index contributed by atoms with van der Waals surface area (Å²) < 4.78 is 0. The Kier molecular flexibility index (Phi) is 2.64. The lowest BCUT2D eigenvalue weighted by Crippen LogP contribution is -1.87. The van der Waals surface area contributed by atoms with Crippen molar-refractivity contribution in [2.45, 2.75) is 32.1 Å². The second-order valence-electron chi connectivity index (χ2n) is 4.06. The minimum Gasteiger partial charge on any atom is -0.118 e. The average molecular weight is 207 g/mol. The highest BCUT2D eigenvalue weighted by molar-refractivity contribution is 6.22. The van der Waals surface area contributed by atoms with Crippen LogP contribution in [0.25, 0.3) is 5.57 Å². The van der Waals surface area contributed by atoms with Crippen LogP contribution in [-0.4, -0.2) is 5.38 Å². The first-order chi connectivity index (χ1) is 6.66. The third-order valence-corrected chi connectivity index (χ3v) is 3.15. The highest BCUT2D eigenvalue weighted by Gasteiger charge is 2.15. The summed E-state index contributed by atoms with van der Waals surface area (Å²) in [6, 6.07) is 6.61. The molecule has 0 heterocycles. The Labute approximate surface area is 90.6 Å². The zero-order valence-corrected chi connectivity index (χ0v) is 9.43. The number of hydrogen-bond donors (Lipinski definition) is 0. The van der Waals surface area contributed by atoms with Gasteiger partial charge >= 0.3 is 0 Å². The Hall–Kier alpha value is -0.750. The summed E-state index contributed by atoms with van der Waals surface area (Å²) in [4.78, 5) is 0. The number of alkyl halides is 1. The summed E-state index contributed by atoms with van der Waals surface area (Å²) in [7, 11) is 0. The lowest BCUT2D eigenvalue weighted by molar-refractivity contribution is 0.941. The molecular weight excluding hydrogens is 192 g/mol. The molecule has 0 saturated heterocycles. The van der Waals surface area contributed by atoms with Crippen LogP contribution in [0.15, 0.2) is 24.3 Å². The highest BCUT2D eigenvalue weighted by Crippen LogP contribution is 2.32. The molecule has 1 aromatic rings. The van der Waals surface area contributed by atoms with E-state index in [0.29, 0.717) is 0 Å². The molecule has 0 aliphatic heterocycles. The van der Waals surface area contributed by atoms with E-state index in [0.717, 1.165) is 12.8 Å². The SMILES string of the molecule is Cc1ccc(C)c(C2=CC(Cl)CC2)c1. The molecule has 0 bridgehead atoms. The van der Waals surface area contributed by atoms with E-state index in [2.05, 4.69) is 38.1 Å². The van der Waals surface area contributed by atoms with Crippen LogP contribution in [0, 0.1) is 13.8 Å². The van der Waals surface area contributed by atoms with Crippen LogP contribution in [0.4, 0.5) is 0 Å². The minimum atomic E-state index is 0.241. The monoisotopic (exact) mass is 206 g/mol. The van der Waals surface area contributed by atoms with Crippen LogP contribution in [0.3, 0.4) is 0 Å². The van der Waals surface area contributed by atoms with Gasteiger partial charge < -0.3 is 0 Å². The van der Waals surface area contributed by atoms with Crippen molar-refractivity contribution in [3.05, 3.63) is 41.0 Å². The van der Waals surface area contributed by atoms with Crippen LogP contribution in [-0.2, 0) is 0 Å². The maximum Gasteiger partial charge on any atom is 0.0525 e. The molecule has 1 aromatic carbocycles. The van der Waals surface area contributed by atoms with E-state index in [4.69, 9.17) is 11.6 Å². The molecule has 0 radical (unpaired) electrons. The van der Waals surface area contributed by atoms with Crippen molar-refractivity contribution in [1.82, 2.24) is 0 Å². The van der Waals surface area contributed by atoms with Crippen LogP contribution in [0.5, 0.6) is 0 Å². The van der Waals surface area contributed by atoms with Gasteiger partial charge in [0.05, 0.1) is 5.38 Å². The predicted molar refractivity (Wildman–Crippen MR) is 62.8 cm³/mol. The second-order valence-corrected chi connectivity index (χ2v) is 4.63. The van der Waals surface area contributed by atoms with Crippen LogP contribution >= 0.6 is 11.6 Å². The van der Waals surface area contributed by atoms with Gasteiger partial charge in [-0.1, -0.05) is 29.8 Å². The van der Waals surface area contributed by atoms with Gasteiger partial charge in [-0.05, 0) is 43.4 Å². The van der Waals surface area contributed by atoms with Crippen LogP contribution < -0.4 is 0 Å².